The van der Waals surface area contributed by atoms with E-state index in [1.54, 1.807) is 24.3 Å². The molecule has 1 heterocycles. The first-order valence-corrected chi connectivity index (χ1v) is 11.2. The standard InChI is InChI=1S/C24H20ClIN2O2/c1-3-14(2)15-8-11-22-21(12-15)28-24(30-22)18-13-16(9-10-19(18)25)27-23(29)17-6-4-5-7-20(17)26/h4-14H,3H2,1-2H3,(H,27,29)/t14-/m1/s1. The van der Waals surface area contributed by atoms with Crippen molar-refractivity contribution >= 4 is 56.9 Å². The van der Waals surface area contributed by atoms with Crippen molar-refractivity contribution < 1.29 is 9.21 Å². The van der Waals surface area contributed by atoms with E-state index in [9.17, 15) is 4.79 Å². The molecule has 0 aliphatic rings. The molecule has 1 atom stereocenters. The maximum atomic E-state index is 12.7. The van der Waals surface area contributed by atoms with Crippen LogP contribution >= 0.6 is 34.2 Å². The van der Waals surface area contributed by atoms with Crippen molar-refractivity contribution in [3.63, 3.8) is 0 Å². The smallest absolute Gasteiger partial charge is 0.256 e. The molecule has 0 spiro atoms. The topological polar surface area (TPSA) is 55.1 Å². The highest BCUT2D eigenvalue weighted by molar-refractivity contribution is 14.1. The van der Waals surface area contributed by atoms with Gasteiger partial charge in [-0.25, -0.2) is 4.98 Å². The van der Waals surface area contributed by atoms with Crippen LogP contribution in [0.1, 0.15) is 42.1 Å². The Hall–Kier alpha value is -2.38. The number of hydrogen-bond donors (Lipinski definition) is 1. The summed E-state index contributed by atoms with van der Waals surface area (Å²) in [7, 11) is 0. The minimum Gasteiger partial charge on any atom is -0.436 e. The Morgan fingerprint density at radius 1 is 1.17 bits per heavy atom. The number of rotatable bonds is 5. The van der Waals surface area contributed by atoms with Crippen molar-refractivity contribution in [1.82, 2.24) is 4.98 Å². The fourth-order valence-corrected chi connectivity index (χ4v) is 4.04. The molecule has 1 amide bonds. The Morgan fingerprint density at radius 3 is 2.73 bits per heavy atom. The van der Waals surface area contributed by atoms with Crippen LogP contribution in [0, 0.1) is 3.57 Å². The van der Waals surface area contributed by atoms with Crippen LogP contribution in [0.25, 0.3) is 22.6 Å². The summed E-state index contributed by atoms with van der Waals surface area (Å²) in [4.78, 5) is 17.3. The number of fused-ring (bicyclic) bond motifs is 1. The molecule has 0 saturated heterocycles. The van der Waals surface area contributed by atoms with E-state index in [0.717, 1.165) is 15.5 Å². The first-order chi connectivity index (χ1) is 14.5. The number of amides is 1. The highest BCUT2D eigenvalue weighted by Crippen LogP contribution is 2.33. The average molecular weight is 531 g/mol. The van der Waals surface area contributed by atoms with Gasteiger partial charge < -0.3 is 9.73 Å². The van der Waals surface area contributed by atoms with Gasteiger partial charge in [-0.2, -0.15) is 0 Å². The van der Waals surface area contributed by atoms with Crippen molar-refractivity contribution in [2.45, 2.75) is 26.2 Å². The van der Waals surface area contributed by atoms with E-state index < -0.39 is 0 Å². The summed E-state index contributed by atoms with van der Waals surface area (Å²) in [6, 6.07) is 18.8. The average Bonchev–Trinajstić information content (AvgIpc) is 3.17. The number of benzene rings is 3. The van der Waals surface area contributed by atoms with E-state index in [4.69, 9.17) is 16.0 Å². The Kier molecular flexibility index (Phi) is 6.11. The Morgan fingerprint density at radius 2 is 1.97 bits per heavy atom. The SMILES string of the molecule is CC[C@@H](C)c1ccc2oc(-c3cc(NC(=O)c4ccccc4I)ccc3Cl)nc2c1. The lowest BCUT2D eigenvalue weighted by molar-refractivity contribution is 0.102. The lowest BCUT2D eigenvalue weighted by atomic mass is 9.98. The number of halogens is 2. The predicted octanol–water partition coefficient (Wildman–Crippen LogP) is 7.52. The molecular weight excluding hydrogens is 511 g/mol. The monoisotopic (exact) mass is 530 g/mol. The van der Waals surface area contributed by atoms with Gasteiger partial charge in [0.25, 0.3) is 5.91 Å². The van der Waals surface area contributed by atoms with E-state index in [-0.39, 0.29) is 5.91 Å². The fraction of sp³-hybridized carbons (Fsp3) is 0.167. The maximum absolute atomic E-state index is 12.7. The summed E-state index contributed by atoms with van der Waals surface area (Å²) in [6.07, 6.45) is 1.06. The van der Waals surface area contributed by atoms with Crippen molar-refractivity contribution in [1.29, 1.82) is 0 Å². The minimum absolute atomic E-state index is 0.177. The van der Waals surface area contributed by atoms with Gasteiger partial charge in [0.05, 0.1) is 16.1 Å². The number of carbonyl (C=O) groups excluding carboxylic acids is 1. The molecule has 4 aromatic rings. The van der Waals surface area contributed by atoms with Gasteiger partial charge in [-0.05, 0) is 83.0 Å². The second kappa shape index (κ2) is 8.78. The second-order valence-electron chi connectivity index (χ2n) is 7.18. The summed E-state index contributed by atoms with van der Waals surface area (Å²) in [5.41, 5.74) is 4.62. The number of anilines is 1. The summed E-state index contributed by atoms with van der Waals surface area (Å²) in [6.45, 7) is 4.36. The van der Waals surface area contributed by atoms with Crippen molar-refractivity contribution in [2.75, 3.05) is 5.32 Å². The molecule has 1 aromatic heterocycles. The molecule has 0 aliphatic carbocycles. The van der Waals surface area contributed by atoms with Crippen LogP contribution in [0.5, 0.6) is 0 Å². The van der Waals surface area contributed by atoms with Gasteiger partial charge in [-0.15, -0.1) is 0 Å². The zero-order valence-corrected chi connectivity index (χ0v) is 19.5. The van der Waals surface area contributed by atoms with Gasteiger partial charge in [-0.3, -0.25) is 4.79 Å². The van der Waals surface area contributed by atoms with Gasteiger partial charge >= 0.3 is 0 Å². The van der Waals surface area contributed by atoms with Crippen molar-refractivity contribution in [3.05, 3.63) is 80.4 Å². The summed E-state index contributed by atoms with van der Waals surface area (Å²) < 4.78 is 6.84. The predicted molar refractivity (Wildman–Crippen MR) is 130 cm³/mol. The molecule has 30 heavy (non-hydrogen) atoms. The Bertz CT molecular complexity index is 1240. The van der Waals surface area contributed by atoms with Crippen molar-refractivity contribution in [2.24, 2.45) is 0 Å². The van der Waals surface area contributed by atoms with Gasteiger partial charge in [0.2, 0.25) is 5.89 Å². The molecule has 1 N–H and O–H groups in total. The van der Waals surface area contributed by atoms with E-state index in [2.05, 4.69) is 58.9 Å². The summed E-state index contributed by atoms with van der Waals surface area (Å²) >= 11 is 8.58. The number of aromatic nitrogens is 1. The molecule has 0 fully saturated rings. The molecule has 0 aliphatic heterocycles. The molecular formula is C24H20ClIN2O2. The van der Waals surface area contributed by atoms with Gasteiger partial charge in [0, 0.05) is 9.26 Å². The lowest BCUT2D eigenvalue weighted by Gasteiger charge is -2.08. The first-order valence-electron chi connectivity index (χ1n) is 9.72. The summed E-state index contributed by atoms with van der Waals surface area (Å²) in [5, 5.41) is 3.44. The number of hydrogen-bond acceptors (Lipinski definition) is 3. The quantitative estimate of drug-likeness (QED) is 0.272. The Labute approximate surface area is 193 Å². The number of carbonyl (C=O) groups is 1. The molecule has 0 saturated carbocycles. The zero-order valence-electron chi connectivity index (χ0n) is 16.6. The normalized spacial score (nSPS) is 12.1. The van der Waals surface area contributed by atoms with E-state index >= 15 is 0 Å². The molecule has 0 bridgehead atoms. The largest absolute Gasteiger partial charge is 0.436 e. The highest BCUT2D eigenvalue weighted by Gasteiger charge is 2.16. The molecule has 3 aromatic carbocycles. The minimum atomic E-state index is -0.177. The van der Waals surface area contributed by atoms with Crippen LogP contribution in [0.2, 0.25) is 5.02 Å². The van der Waals surface area contributed by atoms with Crippen LogP contribution in [0.3, 0.4) is 0 Å². The van der Waals surface area contributed by atoms with Crippen LogP contribution in [-0.4, -0.2) is 10.9 Å². The van der Waals surface area contributed by atoms with E-state index in [1.165, 1.54) is 5.56 Å². The number of nitrogens with zero attached hydrogens (tertiary/aromatic N) is 1. The Balaban J connectivity index is 1.66. The third-order valence-electron chi connectivity index (χ3n) is 5.17. The van der Waals surface area contributed by atoms with Crippen molar-refractivity contribution in [3.8, 4) is 11.5 Å². The van der Waals surface area contributed by atoms with Gasteiger partial charge in [0.15, 0.2) is 5.58 Å². The lowest BCUT2D eigenvalue weighted by Crippen LogP contribution is -2.13. The third kappa shape index (κ3) is 4.23. The van der Waals surface area contributed by atoms with Crippen LogP contribution in [0.4, 0.5) is 5.69 Å². The zero-order chi connectivity index (χ0) is 21.3. The second-order valence-corrected chi connectivity index (χ2v) is 8.75. The maximum Gasteiger partial charge on any atom is 0.256 e. The molecule has 4 rings (SSSR count). The van der Waals surface area contributed by atoms with Gasteiger partial charge in [-0.1, -0.05) is 43.6 Å². The van der Waals surface area contributed by atoms with Crippen LogP contribution in [0.15, 0.2) is 65.1 Å². The van der Waals surface area contributed by atoms with Gasteiger partial charge in [0.1, 0.15) is 5.52 Å². The number of nitrogens with one attached hydrogen (secondary N) is 1. The number of oxazole rings is 1. The third-order valence-corrected chi connectivity index (χ3v) is 6.44. The molecule has 0 radical (unpaired) electrons. The molecule has 0 unspecified atom stereocenters. The fourth-order valence-electron chi connectivity index (χ4n) is 3.21. The van der Waals surface area contributed by atoms with E-state index in [0.29, 0.717) is 39.2 Å². The summed E-state index contributed by atoms with van der Waals surface area (Å²) in [5.74, 6) is 0.711. The van der Waals surface area contributed by atoms with Crippen LogP contribution in [-0.2, 0) is 0 Å². The highest BCUT2D eigenvalue weighted by atomic mass is 127. The first kappa shape index (κ1) is 20.9. The van der Waals surface area contributed by atoms with Crippen LogP contribution < -0.4 is 5.32 Å². The molecule has 6 heteroatoms. The van der Waals surface area contributed by atoms with E-state index in [1.807, 2.05) is 24.3 Å². The molecule has 4 nitrogen and oxygen atoms in total. The molecule has 152 valence electrons.